The molecular weight excluding hydrogens is 419 g/mol. The molecule has 4 nitrogen and oxygen atoms in total. The molecule has 132 valence electrons. The summed E-state index contributed by atoms with van der Waals surface area (Å²) in [7, 11) is 1.84. The number of guanidine groups is 1. The average Bonchev–Trinajstić information content (AvgIpc) is 2.94. The SMILES string of the molecule is CN=C(NCc1nc(C(C)(C)C)cs1)NC1CCC(C)CC1.I. The molecule has 2 rings (SSSR count). The molecule has 1 aliphatic rings. The van der Waals surface area contributed by atoms with Gasteiger partial charge in [0.1, 0.15) is 5.01 Å². The normalized spacial score (nSPS) is 22.4. The lowest BCUT2D eigenvalue weighted by atomic mass is 9.87. The quantitative estimate of drug-likeness (QED) is 0.410. The Morgan fingerprint density at radius 1 is 1.30 bits per heavy atom. The highest BCUT2D eigenvalue weighted by molar-refractivity contribution is 14.0. The Hall–Kier alpha value is -0.370. The zero-order valence-electron chi connectivity index (χ0n) is 15.0. The summed E-state index contributed by atoms with van der Waals surface area (Å²) in [5, 5.41) is 10.2. The van der Waals surface area contributed by atoms with E-state index in [0.717, 1.165) is 23.4 Å². The van der Waals surface area contributed by atoms with Crippen molar-refractivity contribution in [2.75, 3.05) is 7.05 Å². The average molecular weight is 450 g/mol. The van der Waals surface area contributed by atoms with Crippen molar-refractivity contribution in [1.29, 1.82) is 0 Å². The van der Waals surface area contributed by atoms with Crippen molar-refractivity contribution in [1.82, 2.24) is 15.6 Å². The van der Waals surface area contributed by atoms with Crippen LogP contribution < -0.4 is 10.6 Å². The molecule has 6 heteroatoms. The molecular formula is C17H31IN4S. The van der Waals surface area contributed by atoms with E-state index in [0.29, 0.717) is 6.04 Å². The zero-order valence-corrected chi connectivity index (χ0v) is 18.1. The van der Waals surface area contributed by atoms with Gasteiger partial charge in [0, 0.05) is 23.9 Å². The summed E-state index contributed by atoms with van der Waals surface area (Å²) in [4.78, 5) is 9.06. The second kappa shape index (κ2) is 9.20. The van der Waals surface area contributed by atoms with E-state index in [1.165, 1.54) is 31.4 Å². The summed E-state index contributed by atoms with van der Waals surface area (Å²) in [6.45, 7) is 9.68. The van der Waals surface area contributed by atoms with Gasteiger partial charge in [-0.05, 0) is 31.6 Å². The van der Waals surface area contributed by atoms with Gasteiger partial charge in [-0.2, -0.15) is 0 Å². The monoisotopic (exact) mass is 450 g/mol. The van der Waals surface area contributed by atoms with Crippen LogP contribution in [0.2, 0.25) is 0 Å². The highest BCUT2D eigenvalue weighted by atomic mass is 127. The summed E-state index contributed by atoms with van der Waals surface area (Å²) >= 11 is 1.72. The maximum absolute atomic E-state index is 4.72. The fraction of sp³-hybridized carbons (Fsp3) is 0.765. The number of nitrogens with one attached hydrogen (secondary N) is 2. The van der Waals surface area contributed by atoms with Crippen LogP contribution >= 0.6 is 35.3 Å². The highest BCUT2D eigenvalue weighted by Crippen LogP contribution is 2.24. The van der Waals surface area contributed by atoms with E-state index >= 15 is 0 Å². The van der Waals surface area contributed by atoms with Crippen LogP contribution in [0.25, 0.3) is 0 Å². The van der Waals surface area contributed by atoms with Crippen molar-refractivity contribution < 1.29 is 0 Å². The van der Waals surface area contributed by atoms with E-state index in [2.05, 4.69) is 48.7 Å². The Labute approximate surface area is 162 Å². The number of halogens is 1. The molecule has 0 bridgehead atoms. The predicted octanol–water partition coefficient (Wildman–Crippen LogP) is 4.30. The first-order valence-corrected chi connectivity index (χ1v) is 9.18. The zero-order chi connectivity index (χ0) is 16.2. The lowest BCUT2D eigenvalue weighted by Gasteiger charge is -2.28. The molecule has 1 aliphatic carbocycles. The summed E-state index contributed by atoms with van der Waals surface area (Å²) in [6.07, 6.45) is 5.12. The topological polar surface area (TPSA) is 49.3 Å². The van der Waals surface area contributed by atoms with Gasteiger partial charge in [0.25, 0.3) is 0 Å². The van der Waals surface area contributed by atoms with Gasteiger partial charge in [-0.25, -0.2) is 4.98 Å². The van der Waals surface area contributed by atoms with E-state index in [9.17, 15) is 0 Å². The summed E-state index contributed by atoms with van der Waals surface area (Å²) < 4.78 is 0. The number of nitrogens with zero attached hydrogens (tertiary/aromatic N) is 2. The minimum atomic E-state index is 0. The molecule has 1 fully saturated rings. The smallest absolute Gasteiger partial charge is 0.191 e. The molecule has 2 N–H and O–H groups in total. The van der Waals surface area contributed by atoms with Crippen molar-refractivity contribution in [3.05, 3.63) is 16.1 Å². The number of thiazole rings is 1. The first-order valence-electron chi connectivity index (χ1n) is 8.30. The molecule has 23 heavy (non-hydrogen) atoms. The Morgan fingerprint density at radius 2 is 1.96 bits per heavy atom. The van der Waals surface area contributed by atoms with Gasteiger partial charge >= 0.3 is 0 Å². The van der Waals surface area contributed by atoms with Crippen molar-refractivity contribution in [3.63, 3.8) is 0 Å². The third-order valence-electron chi connectivity index (χ3n) is 4.31. The fourth-order valence-electron chi connectivity index (χ4n) is 2.69. The third kappa shape index (κ3) is 6.57. The number of hydrogen-bond donors (Lipinski definition) is 2. The van der Waals surface area contributed by atoms with E-state index < -0.39 is 0 Å². The molecule has 0 radical (unpaired) electrons. The molecule has 0 aliphatic heterocycles. The molecule has 0 aromatic carbocycles. The molecule has 1 saturated carbocycles. The van der Waals surface area contributed by atoms with Crippen LogP contribution in [0.3, 0.4) is 0 Å². The first-order chi connectivity index (χ1) is 10.4. The van der Waals surface area contributed by atoms with Crippen LogP contribution in [0.1, 0.15) is 64.1 Å². The van der Waals surface area contributed by atoms with E-state index in [4.69, 9.17) is 4.98 Å². The van der Waals surface area contributed by atoms with Gasteiger partial charge in [-0.15, -0.1) is 35.3 Å². The minimum Gasteiger partial charge on any atom is -0.354 e. The highest BCUT2D eigenvalue weighted by Gasteiger charge is 2.20. The third-order valence-corrected chi connectivity index (χ3v) is 5.16. The Morgan fingerprint density at radius 3 is 2.48 bits per heavy atom. The van der Waals surface area contributed by atoms with Crippen molar-refractivity contribution >= 4 is 41.3 Å². The second-order valence-electron chi connectivity index (χ2n) is 7.40. The summed E-state index contributed by atoms with van der Waals surface area (Å²) in [6, 6.07) is 0.559. The van der Waals surface area contributed by atoms with Crippen LogP contribution in [0.15, 0.2) is 10.4 Å². The Balaban J connectivity index is 0.00000264. The molecule has 0 atom stereocenters. The number of aromatic nitrogens is 1. The van der Waals surface area contributed by atoms with E-state index in [-0.39, 0.29) is 29.4 Å². The van der Waals surface area contributed by atoms with Gasteiger partial charge in [-0.3, -0.25) is 4.99 Å². The van der Waals surface area contributed by atoms with Gasteiger partial charge < -0.3 is 10.6 Å². The maximum atomic E-state index is 4.72. The summed E-state index contributed by atoms with van der Waals surface area (Å²) in [5.74, 6) is 1.77. The molecule has 1 aromatic rings. The van der Waals surface area contributed by atoms with Gasteiger partial charge in [-0.1, -0.05) is 27.7 Å². The largest absolute Gasteiger partial charge is 0.354 e. The van der Waals surface area contributed by atoms with Gasteiger partial charge in [0.15, 0.2) is 5.96 Å². The van der Waals surface area contributed by atoms with E-state index in [1.807, 2.05) is 7.05 Å². The lowest BCUT2D eigenvalue weighted by molar-refractivity contribution is 0.329. The fourth-order valence-corrected chi connectivity index (χ4v) is 3.65. The molecule has 1 heterocycles. The van der Waals surface area contributed by atoms with Crippen LogP contribution in [0, 0.1) is 5.92 Å². The number of aliphatic imine (C=N–C) groups is 1. The molecule has 0 unspecified atom stereocenters. The van der Waals surface area contributed by atoms with Crippen LogP contribution in [0.5, 0.6) is 0 Å². The molecule has 1 aromatic heterocycles. The van der Waals surface area contributed by atoms with Crippen molar-refractivity contribution in [3.8, 4) is 0 Å². The standard InChI is InChI=1S/C17H30N4S.HI/c1-12-6-8-13(9-7-12)20-16(18-5)19-10-15-21-14(11-22-15)17(2,3)4;/h11-13H,6-10H2,1-5H3,(H2,18,19,20);1H. The number of rotatable bonds is 3. The van der Waals surface area contributed by atoms with Gasteiger partial charge in [0.05, 0.1) is 12.2 Å². The maximum Gasteiger partial charge on any atom is 0.191 e. The van der Waals surface area contributed by atoms with Gasteiger partial charge in [0.2, 0.25) is 0 Å². The Bertz CT molecular complexity index is 499. The van der Waals surface area contributed by atoms with Crippen LogP contribution in [-0.4, -0.2) is 24.0 Å². The van der Waals surface area contributed by atoms with Crippen LogP contribution in [-0.2, 0) is 12.0 Å². The Kier molecular flexibility index (Phi) is 8.27. The van der Waals surface area contributed by atoms with Crippen molar-refractivity contribution in [2.45, 2.75) is 71.4 Å². The van der Waals surface area contributed by atoms with E-state index in [1.54, 1.807) is 11.3 Å². The molecule has 0 spiro atoms. The number of hydrogen-bond acceptors (Lipinski definition) is 3. The molecule has 0 saturated heterocycles. The summed E-state index contributed by atoms with van der Waals surface area (Å²) in [5.41, 5.74) is 1.28. The predicted molar refractivity (Wildman–Crippen MR) is 111 cm³/mol. The first kappa shape index (κ1) is 20.7. The lowest BCUT2D eigenvalue weighted by Crippen LogP contribution is -2.44. The van der Waals surface area contributed by atoms with Crippen LogP contribution in [0.4, 0.5) is 0 Å². The second-order valence-corrected chi connectivity index (χ2v) is 8.35. The van der Waals surface area contributed by atoms with Crippen molar-refractivity contribution in [2.24, 2.45) is 10.9 Å². The molecule has 0 amide bonds. The minimum absolute atomic E-state index is 0.